The molecule has 1 aromatic carbocycles. The molecule has 1 aliphatic carbocycles. The Morgan fingerprint density at radius 2 is 1.50 bits per heavy atom. The van der Waals surface area contributed by atoms with E-state index in [0.717, 1.165) is 23.7 Å². The van der Waals surface area contributed by atoms with Gasteiger partial charge < -0.3 is 19.0 Å². The van der Waals surface area contributed by atoms with Crippen molar-refractivity contribution in [2.24, 2.45) is 5.92 Å². The number of ether oxygens (including phenoxy) is 3. The fourth-order valence-corrected chi connectivity index (χ4v) is 3.67. The van der Waals surface area contributed by atoms with E-state index in [-0.39, 0.29) is 28.9 Å². The van der Waals surface area contributed by atoms with E-state index in [1.807, 2.05) is 24.3 Å². The van der Waals surface area contributed by atoms with Gasteiger partial charge in [-0.05, 0) is 43.7 Å². The Hall–Kier alpha value is -2.73. The third kappa shape index (κ3) is 8.90. The highest BCUT2D eigenvalue weighted by molar-refractivity contribution is 6.23. The molecular formula is C28H40O6. The van der Waals surface area contributed by atoms with Gasteiger partial charge in [0.15, 0.2) is 0 Å². The molecular weight excluding hydrogens is 432 g/mol. The standard InChI is InChI=1S/C20H22O5.C8H18O/c1-12(21)5-6-14-7-9-15(10-8-14)11-16-13(2)17(22)19(24-3)20(25-4)18(16)23;1-4-5-6-8(2)7-9-3/h7-10H,5-6,11H2,1-4H3;8H,4-7H2,1-3H3. The molecule has 0 aliphatic heterocycles. The van der Waals surface area contributed by atoms with Crippen LogP contribution in [0.1, 0.15) is 64.5 Å². The smallest absolute Gasteiger partial charge is 0.228 e. The van der Waals surface area contributed by atoms with Crippen LogP contribution in [0, 0.1) is 5.92 Å². The van der Waals surface area contributed by atoms with Crippen molar-refractivity contribution in [2.45, 2.75) is 66.2 Å². The molecule has 34 heavy (non-hydrogen) atoms. The van der Waals surface area contributed by atoms with Crippen LogP contribution in [0.2, 0.25) is 0 Å². The Morgan fingerprint density at radius 1 is 0.941 bits per heavy atom. The summed E-state index contributed by atoms with van der Waals surface area (Å²) in [4.78, 5) is 36.0. The van der Waals surface area contributed by atoms with Crippen LogP contribution in [0.5, 0.6) is 0 Å². The number of carbonyl (C=O) groups is 3. The highest BCUT2D eigenvalue weighted by Gasteiger charge is 2.34. The molecule has 0 N–H and O–H groups in total. The first-order valence-corrected chi connectivity index (χ1v) is 11.9. The van der Waals surface area contributed by atoms with Gasteiger partial charge in [-0.2, -0.15) is 0 Å². The molecule has 1 atom stereocenters. The molecule has 0 aromatic heterocycles. The van der Waals surface area contributed by atoms with Gasteiger partial charge in [-0.15, -0.1) is 0 Å². The number of allylic oxidation sites excluding steroid dienone is 2. The number of rotatable bonds is 12. The summed E-state index contributed by atoms with van der Waals surface area (Å²) in [7, 11) is 4.46. The first-order chi connectivity index (χ1) is 16.2. The molecule has 0 spiro atoms. The summed E-state index contributed by atoms with van der Waals surface area (Å²) in [6.07, 6.45) is 5.50. The lowest BCUT2D eigenvalue weighted by atomic mass is 9.88. The van der Waals surface area contributed by atoms with E-state index >= 15 is 0 Å². The molecule has 6 nitrogen and oxygen atoms in total. The molecule has 1 unspecified atom stereocenters. The van der Waals surface area contributed by atoms with E-state index in [1.54, 1.807) is 21.0 Å². The van der Waals surface area contributed by atoms with Crippen molar-refractivity contribution >= 4 is 17.3 Å². The minimum Gasteiger partial charge on any atom is -0.489 e. The number of unbranched alkanes of at least 4 members (excludes halogenated alkanes) is 1. The monoisotopic (exact) mass is 472 g/mol. The van der Waals surface area contributed by atoms with Crippen molar-refractivity contribution in [2.75, 3.05) is 27.9 Å². The van der Waals surface area contributed by atoms with Gasteiger partial charge in [0.05, 0.1) is 14.2 Å². The van der Waals surface area contributed by atoms with Gasteiger partial charge in [0.1, 0.15) is 5.78 Å². The molecule has 0 bridgehead atoms. The Kier molecular flexibility index (Phi) is 13.1. The summed E-state index contributed by atoms with van der Waals surface area (Å²) < 4.78 is 15.1. The second kappa shape index (κ2) is 15.2. The number of methoxy groups -OCH3 is 3. The maximum absolute atomic E-state index is 12.6. The number of benzene rings is 1. The number of ketones is 3. The SMILES string of the molecule is CCCCC(C)COC.COC1=C(OC)C(=O)C(Cc2ccc(CCC(C)=O)cc2)=C(C)C1=O. The zero-order chi connectivity index (χ0) is 25.7. The van der Waals surface area contributed by atoms with E-state index in [9.17, 15) is 14.4 Å². The van der Waals surface area contributed by atoms with Gasteiger partial charge >= 0.3 is 0 Å². The van der Waals surface area contributed by atoms with Crippen molar-refractivity contribution in [3.05, 3.63) is 58.1 Å². The fraction of sp³-hybridized carbons (Fsp3) is 0.536. The van der Waals surface area contributed by atoms with Gasteiger partial charge in [0.25, 0.3) is 0 Å². The summed E-state index contributed by atoms with van der Waals surface area (Å²) in [5.74, 6) is 0.155. The summed E-state index contributed by atoms with van der Waals surface area (Å²) in [6, 6.07) is 7.71. The average Bonchev–Trinajstić information content (AvgIpc) is 2.82. The van der Waals surface area contributed by atoms with Gasteiger partial charge in [0, 0.05) is 37.7 Å². The molecule has 1 aromatic rings. The van der Waals surface area contributed by atoms with E-state index in [4.69, 9.17) is 14.2 Å². The predicted octanol–water partition coefficient (Wildman–Crippen LogP) is 5.18. The minimum absolute atomic E-state index is 0.0478. The van der Waals surface area contributed by atoms with Gasteiger partial charge in [-0.3, -0.25) is 9.59 Å². The highest BCUT2D eigenvalue weighted by Crippen LogP contribution is 2.28. The van der Waals surface area contributed by atoms with Crippen LogP contribution >= 0.6 is 0 Å². The van der Waals surface area contributed by atoms with Crippen molar-refractivity contribution in [1.82, 2.24) is 0 Å². The number of Topliss-reactive ketones (excluding diaryl/α,β-unsaturated/α-hetero) is 3. The third-order valence-electron chi connectivity index (χ3n) is 5.77. The van der Waals surface area contributed by atoms with E-state index in [2.05, 4.69) is 13.8 Å². The summed E-state index contributed by atoms with van der Waals surface area (Å²) in [5, 5.41) is 0. The summed E-state index contributed by atoms with van der Waals surface area (Å²) >= 11 is 0. The zero-order valence-corrected chi connectivity index (χ0v) is 21.8. The van der Waals surface area contributed by atoms with Crippen LogP contribution in [0.25, 0.3) is 0 Å². The third-order valence-corrected chi connectivity index (χ3v) is 5.77. The number of hydrogen-bond acceptors (Lipinski definition) is 6. The Bertz CT molecular complexity index is 892. The largest absolute Gasteiger partial charge is 0.489 e. The van der Waals surface area contributed by atoms with E-state index in [0.29, 0.717) is 30.4 Å². The molecule has 2 rings (SSSR count). The van der Waals surface area contributed by atoms with Crippen LogP contribution in [0.3, 0.4) is 0 Å². The summed E-state index contributed by atoms with van der Waals surface area (Å²) in [6.45, 7) is 8.57. The zero-order valence-electron chi connectivity index (χ0n) is 21.8. The molecule has 0 heterocycles. The second-order valence-electron chi connectivity index (χ2n) is 8.73. The lowest BCUT2D eigenvalue weighted by molar-refractivity contribution is -0.121. The second-order valence-corrected chi connectivity index (χ2v) is 8.73. The first-order valence-electron chi connectivity index (χ1n) is 11.9. The van der Waals surface area contributed by atoms with Crippen LogP contribution in [-0.4, -0.2) is 45.3 Å². The molecule has 0 amide bonds. The molecule has 6 heteroatoms. The van der Waals surface area contributed by atoms with Crippen molar-refractivity contribution < 1.29 is 28.6 Å². The lowest BCUT2D eigenvalue weighted by Crippen LogP contribution is -2.26. The molecule has 0 fully saturated rings. The van der Waals surface area contributed by atoms with Crippen molar-refractivity contribution in [1.29, 1.82) is 0 Å². The average molecular weight is 473 g/mol. The quantitative estimate of drug-likeness (QED) is 0.390. The highest BCUT2D eigenvalue weighted by atomic mass is 16.5. The van der Waals surface area contributed by atoms with Crippen molar-refractivity contribution in [3.63, 3.8) is 0 Å². The van der Waals surface area contributed by atoms with Crippen LogP contribution in [0.4, 0.5) is 0 Å². The van der Waals surface area contributed by atoms with E-state index < -0.39 is 0 Å². The number of carbonyl (C=O) groups excluding carboxylic acids is 3. The Labute approximate surface area is 204 Å². The normalized spacial score (nSPS) is 14.6. The topological polar surface area (TPSA) is 78.9 Å². The van der Waals surface area contributed by atoms with E-state index in [1.165, 1.54) is 33.5 Å². The maximum Gasteiger partial charge on any atom is 0.228 e. The number of aryl methyl sites for hydroxylation is 1. The maximum atomic E-state index is 12.6. The minimum atomic E-state index is -0.327. The molecule has 0 radical (unpaired) electrons. The Morgan fingerprint density at radius 3 is 2.00 bits per heavy atom. The van der Waals surface area contributed by atoms with Gasteiger partial charge in [-0.25, -0.2) is 0 Å². The molecule has 0 saturated heterocycles. The molecule has 0 saturated carbocycles. The Balaban J connectivity index is 0.000000546. The van der Waals surface area contributed by atoms with Crippen LogP contribution in [-0.2, 0) is 41.4 Å². The van der Waals surface area contributed by atoms with Gasteiger partial charge in [0.2, 0.25) is 23.1 Å². The summed E-state index contributed by atoms with van der Waals surface area (Å²) in [5.41, 5.74) is 2.77. The predicted molar refractivity (Wildman–Crippen MR) is 133 cm³/mol. The number of hydrogen-bond donors (Lipinski definition) is 0. The van der Waals surface area contributed by atoms with Crippen molar-refractivity contribution in [3.8, 4) is 0 Å². The van der Waals surface area contributed by atoms with Crippen LogP contribution in [0.15, 0.2) is 46.9 Å². The molecule has 188 valence electrons. The van der Waals surface area contributed by atoms with Gasteiger partial charge in [-0.1, -0.05) is 51.0 Å². The van der Waals surface area contributed by atoms with Crippen LogP contribution < -0.4 is 0 Å². The lowest BCUT2D eigenvalue weighted by Gasteiger charge is -2.20. The molecule has 1 aliphatic rings. The first kappa shape index (κ1) is 29.3. The fourth-order valence-electron chi connectivity index (χ4n) is 3.67.